The topological polar surface area (TPSA) is 32.3 Å². The van der Waals surface area contributed by atoms with Crippen molar-refractivity contribution in [3.8, 4) is 11.1 Å². The number of aliphatic hydroxyl groups is 1. The fourth-order valence-corrected chi connectivity index (χ4v) is 2.17. The minimum atomic E-state index is 0.306. The summed E-state index contributed by atoms with van der Waals surface area (Å²) in [6.45, 7) is 1.39. The Balaban J connectivity index is 0.000000163. The van der Waals surface area contributed by atoms with E-state index in [1.807, 2.05) is 12.1 Å². The van der Waals surface area contributed by atoms with Crippen molar-refractivity contribution in [3.05, 3.63) is 60.7 Å². The largest absolute Gasteiger partial charge is 0.395 e. The smallest absolute Gasteiger partial charge is 0.0584 e. The summed E-state index contributed by atoms with van der Waals surface area (Å²) in [5.74, 6) is 0. The molecule has 2 heteroatoms. The number of rotatable bonds is 2. The molecule has 1 unspecified atom stereocenters. The molecule has 1 heterocycles. The third kappa shape index (κ3) is 4.51. The summed E-state index contributed by atoms with van der Waals surface area (Å²) < 4.78 is 0. The Kier molecular flexibility index (Phi) is 5.60. The van der Waals surface area contributed by atoms with Crippen LogP contribution in [0.1, 0.15) is 12.8 Å². The summed E-state index contributed by atoms with van der Waals surface area (Å²) in [6, 6.07) is 21.2. The third-order valence-electron chi connectivity index (χ3n) is 3.26. The first-order valence-corrected chi connectivity index (χ1v) is 6.85. The highest BCUT2D eigenvalue weighted by Crippen LogP contribution is 2.17. The predicted octanol–water partition coefficient (Wildman–Crippen LogP) is 3.08. The van der Waals surface area contributed by atoms with Crippen LogP contribution in [0.3, 0.4) is 0 Å². The number of nitrogens with one attached hydrogen (secondary N) is 1. The van der Waals surface area contributed by atoms with E-state index in [0.29, 0.717) is 12.6 Å². The molecule has 1 atom stereocenters. The molecule has 0 aromatic heterocycles. The van der Waals surface area contributed by atoms with Gasteiger partial charge in [0.15, 0.2) is 0 Å². The molecule has 0 aliphatic carbocycles. The molecule has 0 spiro atoms. The van der Waals surface area contributed by atoms with E-state index < -0.39 is 0 Å². The fourth-order valence-electron chi connectivity index (χ4n) is 2.17. The molecular formula is C17H21NO. The van der Waals surface area contributed by atoms with Crippen LogP contribution in [0.25, 0.3) is 11.1 Å². The maximum atomic E-state index is 8.50. The minimum Gasteiger partial charge on any atom is -0.395 e. The summed E-state index contributed by atoms with van der Waals surface area (Å²) in [4.78, 5) is 0. The van der Waals surface area contributed by atoms with Crippen molar-refractivity contribution in [2.45, 2.75) is 18.9 Å². The molecule has 19 heavy (non-hydrogen) atoms. The first kappa shape index (κ1) is 13.8. The quantitative estimate of drug-likeness (QED) is 0.864. The van der Waals surface area contributed by atoms with Crippen LogP contribution in [0.2, 0.25) is 0 Å². The average molecular weight is 255 g/mol. The average Bonchev–Trinajstić information content (AvgIpc) is 3.03. The normalized spacial score (nSPS) is 17.6. The molecule has 2 aromatic rings. The van der Waals surface area contributed by atoms with Gasteiger partial charge in [-0.1, -0.05) is 60.7 Å². The summed E-state index contributed by atoms with van der Waals surface area (Å²) in [6.07, 6.45) is 2.38. The van der Waals surface area contributed by atoms with Crippen LogP contribution in [0.4, 0.5) is 0 Å². The van der Waals surface area contributed by atoms with E-state index in [1.54, 1.807) is 0 Å². The highest BCUT2D eigenvalue weighted by atomic mass is 16.3. The number of benzene rings is 2. The lowest BCUT2D eigenvalue weighted by atomic mass is 10.1. The van der Waals surface area contributed by atoms with Crippen molar-refractivity contribution >= 4 is 0 Å². The highest BCUT2D eigenvalue weighted by Gasteiger charge is 2.10. The van der Waals surface area contributed by atoms with E-state index in [-0.39, 0.29) is 0 Å². The lowest BCUT2D eigenvalue weighted by molar-refractivity contribution is 0.255. The molecule has 2 aromatic carbocycles. The van der Waals surface area contributed by atoms with E-state index in [0.717, 1.165) is 13.0 Å². The minimum absolute atomic E-state index is 0.306. The van der Waals surface area contributed by atoms with Crippen LogP contribution in [0, 0.1) is 0 Å². The van der Waals surface area contributed by atoms with E-state index in [1.165, 1.54) is 17.5 Å². The SMILES string of the molecule is OCC1CCCN1.c1ccc(-c2ccccc2)cc1. The maximum Gasteiger partial charge on any atom is 0.0584 e. The number of aliphatic hydroxyl groups excluding tert-OH is 1. The van der Waals surface area contributed by atoms with Crippen molar-refractivity contribution in [1.29, 1.82) is 0 Å². The summed E-state index contributed by atoms with van der Waals surface area (Å²) in [5, 5.41) is 11.7. The molecule has 0 amide bonds. The van der Waals surface area contributed by atoms with Gasteiger partial charge in [0.25, 0.3) is 0 Å². The Morgan fingerprint density at radius 3 is 1.74 bits per heavy atom. The van der Waals surface area contributed by atoms with Gasteiger partial charge in [-0.2, -0.15) is 0 Å². The van der Waals surface area contributed by atoms with Gasteiger partial charge in [-0.3, -0.25) is 0 Å². The van der Waals surface area contributed by atoms with Gasteiger partial charge < -0.3 is 10.4 Å². The monoisotopic (exact) mass is 255 g/mol. The molecule has 3 rings (SSSR count). The van der Waals surface area contributed by atoms with Crippen molar-refractivity contribution < 1.29 is 5.11 Å². The lowest BCUT2D eigenvalue weighted by Gasteiger charge is -2.01. The Morgan fingerprint density at radius 2 is 1.42 bits per heavy atom. The summed E-state index contributed by atoms with van der Waals surface area (Å²) in [5.41, 5.74) is 2.55. The highest BCUT2D eigenvalue weighted by molar-refractivity contribution is 5.62. The first-order valence-electron chi connectivity index (χ1n) is 6.85. The summed E-state index contributed by atoms with van der Waals surface area (Å²) >= 11 is 0. The molecule has 0 radical (unpaired) electrons. The molecule has 0 bridgehead atoms. The van der Waals surface area contributed by atoms with Gasteiger partial charge in [0, 0.05) is 6.04 Å². The van der Waals surface area contributed by atoms with E-state index in [4.69, 9.17) is 5.11 Å². The zero-order chi connectivity index (χ0) is 13.3. The van der Waals surface area contributed by atoms with Crippen molar-refractivity contribution in [2.24, 2.45) is 0 Å². The Morgan fingerprint density at radius 1 is 0.895 bits per heavy atom. The predicted molar refractivity (Wildman–Crippen MR) is 80.0 cm³/mol. The second kappa shape index (κ2) is 7.72. The standard InChI is InChI=1S/C12H10.C5H11NO/c1-3-7-11(8-4-1)12-9-5-2-6-10-12;7-4-5-2-1-3-6-5/h1-10H;5-7H,1-4H2. The molecule has 1 saturated heterocycles. The first-order chi connectivity index (χ1) is 9.40. The number of hydrogen-bond donors (Lipinski definition) is 2. The van der Waals surface area contributed by atoms with E-state index in [9.17, 15) is 0 Å². The second-order valence-electron chi connectivity index (χ2n) is 4.71. The lowest BCUT2D eigenvalue weighted by Crippen LogP contribution is -2.24. The van der Waals surface area contributed by atoms with Crippen LogP contribution >= 0.6 is 0 Å². The summed E-state index contributed by atoms with van der Waals surface area (Å²) in [7, 11) is 0. The molecule has 1 aliphatic rings. The van der Waals surface area contributed by atoms with Crippen molar-refractivity contribution in [2.75, 3.05) is 13.2 Å². The van der Waals surface area contributed by atoms with Gasteiger partial charge in [-0.15, -0.1) is 0 Å². The van der Waals surface area contributed by atoms with E-state index >= 15 is 0 Å². The Bertz CT molecular complexity index is 412. The van der Waals surface area contributed by atoms with Gasteiger partial charge in [0.1, 0.15) is 0 Å². The Hall–Kier alpha value is -1.64. The van der Waals surface area contributed by atoms with E-state index in [2.05, 4.69) is 53.8 Å². The van der Waals surface area contributed by atoms with Crippen molar-refractivity contribution in [1.82, 2.24) is 5.32 Å². The van der Waals surface area contributed by atoms with Crippen LogP contribution in [0.15, 0.2) is 60.7 Å². The van der Waals surface area contributed by atoms with Gasteiger partial charge >= 0.3 is 0 Å². The molecule has 1 fully saturated rings. The second-order valence-corrected chi connectivity index (χ2v) is 4.71. The molecule has 2 nitrogen and oxygen atoms in total. The van der Waals surface area contributed by atoms with Gasteiger partial charge in [-0.05, 0) is 30.5 Å². The number of hydrogen-bond acceptors (Lipinski definition) is 2. The van der Waals surface area contributed by atoms with Crippen LogP contribution < -0.4 is 5.32 Å². The maximum absolute atomic E-state index is 8.50. The molecular weight excluding hydrogens is 234 g/mol. The van der Waals surface area contributed by atoms with Gasteiger partial charge in [0.2, 0.25) is 0 Å². The molecule has 2 N–H and O–H groups in total. The van der Waals surface area contributed by atoms with Crippen LogP contribution in [-0.4, -0.2) is 24.3 Å². The third-order valence-corrected chi connectivity index (χ3v) is 3.26. The fraction of sp³-hybridized carbons (Fsp3) is 0.294. The molecule has 100 valence electrons. The van der Waals surface area contributed by atoms with Gasteiger partial charge in [-0.25, -0.2) is 0 Å². The Labute approximate surface area is 115 Å². The zero-order valence-corrected chi connectivity index (χ0v) is 11.1. The zero-order valence-electron chi connectivity index (χ0n) is 11.1. The molecule has 1 aliphatic heterocycles. The van der Waals surface area contributed by atoms with Gasteiger partial charge in [0.05, 0.1) is 6.61 Å². The molecule has 0 saturated carbocycles. The van der Waals surface area contributed by atoms with Crippen LogP contribution in [0.5, 0.6) is 0 Å². The van der Waals surface area contributed by atoms with Crippen molar-refractivity contribution in [3.63, 3.8) is 0 Å². The van der Waals surface area contributed by atoms with Crippen LogP contribution in [-0.2, 0) is 0 Å².